The summed E-state index contributed by atoms with van der Waals surface area (Å²) in [5, 5.41) is 21.9. The van der Waals surface area contributed by atoms with E-state index < -0.39 is 41.2 Å². The van der Waals surface area contributed by atoms with E-state index in [0.29, 0.717) is 61.7 Å². The first-order valence-corrected chi connectivity index (χ1v) is 14.1. The van der Waals surface area contributed by atoms with Crippen molar-refractivity contribution in [2.75, 3.05) is 0 Å². The molecular weight excluding hydrogens is 640 g/mol. The van der Waals surface area contributed by atoms with Crippen LogP contribution in [0.25, 0.3) is 44.5 Å². The molecule has 0 amide bonds. The zero-order valence-corrected chi connectivity index (χ0v) is 24.0. The summed E-state index contributed by atoms with van der Waals surface area (Å²) in [6.45, 7) is 0. The molecule has 0 radical (unpaired) electrons. The molecule has 5 aromatic carbocycles. The minimum atomic E-state index is -4.91. The third kappa shape index (κ3) is 4.85. The molecule has 236 valence electrons. The van der Waals surface area contributed by atoms with Crippen molar-refractivity contribution < 1.29 is 35.1 Å². The lowest BCUT2D eigenvalue weighted by atomic mass is 9.96. The average Bonchev–Trinajstić information content (AvgIpc) is 3.50. The van der Waals surface area contributed by atoms with Gasteiger partial charge in [0.1, 0.15) is 11.6 Å². The number of hydrogen-bond donors (Lipinski definition) is 1. The van der Waals surface area contributed by atoms with Crippen molar-refractivity contribution in [3.05, 3.63) is 130 Å². The molecule has 48 heavy (non-hydrogen) atoms. The Morgan fingerprint density at radius 2 is 1.04 bits per heavy atom. The van der Waals surface area contributed by atoms with Crippen LogP contribution in [0.15, 0.2) is 89.9 Å². The molecule has 0 spiro atoms. The molecule has 0 aliphatic heterocycles. The van der Waals surface area contributed by atoms with Gasteiger partial charge < -0.3 is 5.32 Å². The molecule has 1 atom stereocenters. The van der Waals surface area contributed by atoms with E-state index in [0.717, 1.165) is 18.2 Å². The van der Waals surface area contributed by atoms with E-state index in [1.807, 2.05) is 6.19 Å². The maximum Gasteiger partial charge on any atom is 0.419 e. The van der Waals surface area contributed by atoms with Crippen molar-refractivity contribution in [2.24, 2.45) is 4.99 Å². The maximum absolute atomic E-state index is 14.0. The number of nitrogens with zero attached hydrogens (tertiary/aromatic N) is 3. The van der Waals surface area contributed by atoms with E-state index in [9.17, 15) is 45.6 Å². The van der Waals surface area contributed by atoms with Crippen LogP contribution in [-0.2, 0) is 12.4 Å². The first-order valence-electron chi connectivity index (χ1n) is 14.1. The SMILES string of the molecule is N#C/N=C1\c2cc(-c3ccc(F)c(C(F)(F)F)c3)ccc2-c2cc3c(cc21)-c1ccc(-c2ccc(F)c(C(F)(F)F)c2)cc1C3NC#N. The fraction of sp³-hybridized carbons (Fsp3) is 0.0833. The Morgan fingerprint density at radius 3 is 1.60 bits per heavy atom. The van der Waals surface area contributed by atoms with E-state index >= 15 is 0 Å². The Kier molecular flexibility index (Phi) is 6.88. The minimum Gasteiger partial charge on any atom is -0.312 e. The first kappa shape index (κ1) is 30.6. The number of halogens is 8. The van der Waals surface area contributed by atoms with Crippen LogP contribution in [0.3, 0.4) is 0 Å². The van der Waals surface area contributed by atoms with Gasteiger partial charge in [0, 0.05) is 11.1 Å². The van der Waals surface area contributed by atoms with Crippen molar-refractivity contribution in [2.45, 2.75) is 18.4 Å². The predicted molar refractivity (Wildman–Crippen MR) is 160 cm³/mol. The van der Waals surface area contributed by atoms with E-state index in [1.165, 1.54) is 12.1 Å². The average molecular weight is 657 g/mol. The van der Waals surface area contributed by atoms with E-state index in [-0.39, 0.29) is 16.8 Å². The van der Waals surface area contributed by atoms with Crippen LogP contribution in [0.2, 0.25) is 0 Å². The number of hydrogen-bond acceptors (Lipinski definition) is 4. The topological polar surface area (TPSA) is 72.0 Å². The molecule has 7 rings (SSSR count). The molecule has 0 heterocycles. The summed E-state index contributed by atoms with van der Waals surface area (Å²) in [7, 11) is 0. The van der Waals surface area contributed by atoms with Gasteiger partial charge in [0.05, 0.1) is 22.9 Å². The van der Waals surface area contributed by atoms with Crippen molar-refractivity contribution in [1.29, 1.82) is 10.5 Å². The van der Waals surface area contributed by atoms with Crippen LogP contribution in [0, 0.1) is 34.5 Å². The van der Waals surface area contributed by atoms with Gasteiger partial charge in [-0.2, -0.15) is 41.9 Å². The summed E-state index contributed by atoms with van der Waals surface area (Å²) in [5.41, 5.74) is 3.15. The molecule has 0 bridgehead atoms. The number of rotatable bonds is 3. The van der Waals surface area contributed by atoms with Gasteiger partial charge in [0.2, 0.25) is 6.19 Å². The van der Waals surface area contributed by atoms with Crippen LogP contribution in [0.4, 0.5) is 35.1 Å². The quantitative estimate of drug-likeness (QED) is 0.117. The highest BCUT2D eigenvalue weighted by Crippen LogP contribution is 2.50. The fourth-order valence-corrected chi connectivity index (χ4v) is 6.44. The van der Waals surface area contributed by atoms with Gasteiger partial charge in [-0.3, -0.25) is 0 Å². The molecule has 4 nitrogen and oxygen atoms in total. The molecule has 2 aliphatic carbocycles. The molecule has 0 fully saturated rings. The lowest BCUT2D eigenvalue weighted by Gasteiger charge is -2.14. The van der Waals surface area contributed by atoms with Gasteiger partial charge >= 0.3 is 12.4 Å². The summed E-state index contributed by atoms with van der Waals surface area (Å²) >= 11 is 0. The molecule has 0 saturated heterocycles. The minimum absolute atomic E-state index is 0.104. The standard InChI is InChI=1S/C36H16F8N4/c37-31-7-3-19(11-29(31)35(39,40)41)17-1-5-21-23-13-28-24(14-27(23)33(47-15-45)25(21)9-17)22-6-2-18(10-26(22)34(28)48-16-46)20-4-8-32(38)30(12-20)36(42,43)44/h1-14,33,47H/b48-34+. The van der Waals surface area contributed by atoms with Gasteiger partial charge in [-0.1, -0.05) is 36.4 Å². The number of alkyl halides is 6. The van der Waals surface area contributed by atoms with Crippen LogP contribution < -0.4 is 5.32 Å². The Hall–Kier alpha value is -6.01. The van der Waals surface area contributed by atoms with E-state index in [2.05, 4.69) is 10.3 Å². The molecule has 5 aromatic rings. The van der Waals surface area contributed by atoms with Gasteiger partial charge in [0.25, 0.3) is 0 Å². The molecule has 1 N–H and O–H groups in total. The monoisotopic (exact) mass is 656 g/mol. The summed E-state index contributed by atoms with van der Waals surface area (Å²) in [4.78, 5) is 4.03. The summed E-state index contributed by atoms with van der Waals surface area (Å²) in [6.07, 6.45) is -6.10. The summed E-state index contributed by atoms with van der Waals surface area (Å²) < 4.78 is 108. The van der Waals surface area contributed by atoms with Crippen molar-refractivity contribution in [1.82, 2.24) is 5.32 Å². The molecule has 12 heteroatoms. The van der Waals surface area contributed by atoms with Gasteiger partial charge in [-0.25, -0.2) is 8.78 Å². The largest absolute Gasteiger partial charge is 0.419 e. The van der Waals surface area contributed by atoms with E-state index in [1.54, 1.807) is 54.7 Å². The lowest BCUT2D eigenvalue weighted by molar-refractivity contribution is -0.140. The Bertz CT molecular complexity index is 2310. The zero-order chi connectivity index (χ0) is 34.1. The normalized spacial score (nSPS) is 15.3. The number of benzene rings is 5. The van der Waals surface area contributed by atoms with Gasteiger partial charge in [0.15, 0.2) is 6.19 Å². The van der Waals surface area contributed by atoms with E-state index in [4.69, 9.17) is 0 Å². The molecule has 0 saturated carbocycles. The van der Waals surface area contributed by atoms with Crippen molar-refractivity contribution in [3.63, 3.8) is 0 Å². The lowest BCUT2D eigenvalue weighted by Crippen LogP contribution is -2.14. The van der Waals surface area contributed by atoms with Gasteiger partial charge in [-0.05, 0) is 104 Å². The number of aliphatic imine (C=N–C) groups is 1. The number of nitriles is 2. The Balaban J connectivity index is 1.34. The zero-order valence-electron chi connectivity index (χ0n) is 24.0. The number of nitrogens with one attached hydrogen (secondary N) is 1. The highest BCUT2D eigenvalue weighted by atomic mass is 19.4. The smallest absolute Gasteiger partial charge is 0.312 e. The third-order valence-electron chi connectivity index (χ3n) is 8.55. The second-order valence-corrected chi connectivity index (χ2v) is 11.2. The Labute approximate surface area is 266 Å². The summed E-state index contributed by atoms with van der Waals surface area (Å²) in [5.74, 6) is -2.80. The second kappa shape index (κ2) is 10.8. The van der Waals surface area contributed by atoms with Crippen LogP contribution in [-0.4, -0.2) is 5.71 Å². The van der Waals surface area contributed by atoms with Gasteiger partial charge in [-0.15, -0.1) is 0 Å². The fourth-order valence-electron chi connectivity index (χ4n) is 6.44. The molecule has 2 aliphatic rings. The van der Waals surface area contributed by atoms with Crippen LogP contribution >= 0.6 is 0 Å². The molecule has 1 unspecified atom stereocenters. The molecular formula is C36H16F8N4. The highest BCUT2D eigenvalue weighted by Gasteiger charge is 2.37. The number of fused-ring (bicyclic) bond motifs is 6. The third-order valence-corrected chi connectivity index (χ3v) is 8.55. The Morgan fingerprint density at radius 1 is 0.542 bits per heavy atom. The van der Waals surface area contributed by atoms with Crippen molar-refractivity contribution in [3.8, 4) is 56.9 Å². The second-order valence-electron chi connectivity index (χ2n) is 11.2. The van der Waals surface area contributed by atoms with Crippen LogP contribution in [0.5, 0.6) is 0 Å². The highest BCUT2D eigenvalue weighted by molar-refractivity contribution is 6.26. The van der Waals surface area contributed by atoms with Crippen molar-refractivity contribution >= 4 is 5.71 Å². The molecule has 0 aromatic heterocycles. The summed E-state index contributed by atoms with van der Waals surface area (Å²) in [6, 6.07) is 18.0. The van der Waals surface area contributed by atoms with Crippen LogP contribution in [0.1, 0.15) is 39.4 Å². The predicted octanol–water partition coefficient (Wildman–Crippen LogP) is 9.78. The first-order chi connectivity index (χ1) is 22.8. The maximum atomic E-state index is 14.0.